The van der Waals surface area contributed by atoms with E-state index >= 15 is 0 Å². The fourth-order valence-electron chi connectivity index (χ4n) is 2.93. The molecule has 10 heteroatoms. The van der Waals surface area contributed by atoms with Crippen LogP contribution in [0.15, 0.2) is 29.3 Å². The Morgan fingerprint density at radius 2 is 2.07 bits per heavy atom. The lowest BCUT2D eigenvalue weighted by molar-refractivity contribution is -0.119. The Bertz CT molecular complexity index is 789. The number of sulfonamides is 1. The van der Waals surface area contributed by atoms with Gasteiger partial charge in [-0.2, -0.15) is 0 Å². The average molecular weight is 412 g/mol. The zero-order valence-electron chi connectivity index (χ0n) is 16.3. The van der Waals surface area contributed by atoms with E-state index in [0.29, 0.717) is 31.3 Å². The van der Waals surface area contributed by atoms with Crippen molar-refractivity contribution in [2.24, 2.45) is 10.7 Å². The number of piperidine rings is 1. The number of guanidine groups is 1. The smallest absolute Gasteiger partial charge is 0.255 e. The SMILES string of the molecule is CCS(=O)(=O)N1CCC(NC(=NC)NCc2cccc(OCC(N)=O)c2)CC1. The normalized spacial score (nSPS) is 16.6. The van der Waals surface area contributed by atoms with E-state index in [-0.39, 0.29) is 18.4 Å². The van der Waals surface area contributed by atoms with Crippen LogP contribution < -0.4 is 21.1 Å². The lowest BCUT2D eigenvalue weighted by Gasteiger charge is -2.32. The van der Waals surface area contributed by atoms with Crippen LogP contribution in [0, 0.1) is 0 Å². The van der Waals surface area contributed by atoms with Crippen LogP contribution in [0.2, 0.25) is 0 Å². The molecular weight excluding hydrogens is 382 g/mol. The molecule has 1 amide bonds. The van der Waals surface area contributed by atoms with Crippen LogP contribution in [0.4, 0.5) is 0 Å². The van der Waals surface area contributed by atoms with E-state index in [0.717, 1.165) is 18.4 Å². The van der Waals surface area contributed by atoms with Crippen LogP contribution in [0.1, 0.15) is 25.3 Å². The second kappa shape index (κ2) is 10.3. The minimum absolute atomic E-state index is 0.135. The quantitative estimate of drug-likeness (QED) is 0.409. The summed E-state index contributed by atoms with van der Waals surface area (Å²) < 4.78 is 30.7. The summed E-state index contributed by atoms with van der Waals surface area (Å²) in [6.45, 7) is 3.07. The zero-order valence-corrected chi connectivity index (χ0v) is 17.2. The summed E-state index contributed by atoms with van der Waals surface area (Å²) in [5, 5.41) is 6.58. The van der Waals surface area contributed by atoms with Crippen molar-refractivity contribution < 1.29 is 17.9 Å². The molecule has 28 heavy (non-hydrogen) atoms. The van der Waals surface area contributed by atoms with Gasteiger partial charge in [0.1, 0.15) is 5.75 Å². The van der Waals surface area contributed by atoms with E-state index in [1.165, 1.54) is 0 Å². The molecule has 0 atom stereocenters. The number of aliphatic imine (C=N–C) groups is 1. The molecule has 1 aromatic carbocycles. The van der Waals surface area contributed by atoms with Crippen LogP contribution in [0.3, 0.4) is 0 Å². The van der Waals surface area contributed by atoms with Crippen LogP contribution >= 0.6 is 0 Å². The minimum Gasteiger partial charge on any atom is -0.484 e. The van der Waals surface area contributed by atoms with Crippen molar-refractivity contribution in [2.45, 2.75) is 32.4 Å². The number of nitrogens with two attached hydrogens (primary N) is 1. The van der Waals surface area contributed by atoms with Gasteiger partial charge in [-0.3, -0.25) is 9.79 Å². The molecule has 1 aliphatic heterocycles. The fraction of sp³-hybridized carbons (Fsp3) is 0.556. The molecular formula is C18H29N5O4S. The Morgan fingerprint density at radius 3 is 2.68 bits per heavy atom. The Morgan fingerprint density at radius 1 is 1.36 bits per heavy atom. The van der Waals surface area contributed by atoms with E-state index in [1.807, 2.05) is 18.2 Å². The van der Waals surface area contributed by atoms with Crippen LogP contribution in [-0.2, 0) is 21.4 Å². The highest BCUT2D eigenvalue weighted by atomic mass is 32.2. The van der Waals surface area contributed by atoms with E-state index in [9.17, 15) is 13.2 Å². The maximum Gasteiger partial charge on any atom is 0.255 e. The van der Waals surface area contributed by atoms with Crippen molar-refractivity contribution in [1.82, 2.24) is 14.9 Å². The van der Waals surface area contributed by atoms with Gasteiger partial charge >= 0.3 is 0 Å². The summed E-state index contributed by atoms with van der Waals surface area (Å²) in [7, 11) is -1.43. The lowest BCUT2D eigenvalue weighted by Crippen LogP contribution is -2.49. The van der Waals surface area contributed by atoms with Crippen molar-refractivity contribution >= 4 is 21.9 Å². The van der Waals surface area contributed by atoms with Crippen LogP contribution in [-0.4, -0.2) is 63.1 Å². The first-order chi connectivity index (χ1) is 13.3. The average Bonchev–Trinajstić information content (AvgIpc) is 2.70. The molecule has 1 saturated heterocycles. The molecule has 0 aromatic heterocycles. The summed E-state index contributed by atoms with van der Waals surface area (Å²) in [4.78, 5) is 15.1. The van der Waals surface area contributed by atoms with Gasteiger partial charge < -0.3 is 21.1 Å². The van der Waals surface area contributed by atoms with Crippen molar-refractivity contribution in [3.63, 3.8) is 0 Å². The first-order valence-electron chi connectivity index (χ1n) is 9.29. The number of carbonyl (C=O) groups excluding carboxylic acids is 1. The summed E-state index contributed by atoms with van der Waals surface area (Å²) in [6, 6.07) is 7.54. The van der Waals surface area contributed by atoms with E-state index < -0.39 is 15.9 Å². The lowest BCUT2D eigenvalue weighted by atomic mass is 10.1. The number of primary amides is 1. The second-order valence-corrected chi connectivity index (χ2v) is 8.80. The Balaban J connectivity index is 1.82. The largest absolute Gasteiger partial charge is 0.484 e. The number of benzene rings is 1. The number of hydrogen-bond donors (Lipinski definition) is 3. The molecule has 0 radical (unpaired) electrons. The molecule has 0 unspecified atom stereocenters. The summed E-state index contributed by atoms with van der Waals surface area (Å²) in [5.74, 6) is 0.841. The van der Waals surface area contributed by atoms with Gasteiger partial charge in [-0.05, 0) is 37.5 Å². The highest BCUT2D eigenvalue weighted by Gasteiger charge is 2.26. The van der Waals surface area contributed by atoms with Gasteiger partial charge in [0.05, 0.1) is 5.75 Å². The molecule has 0 bridgehead atoms. The number of carbonyl (C=O) groups is 1. The van der Waals surface area contributed by atoms with Crippen molar-refractivity contribution in [1.29, 1.82) is 0 Å². The third kappa shape index (κ3) is 6.68. The summed E-state index contributed by atoms with van der Waals surface area (Å²) >= 11 is 0. The monoisotopic (exact) mass is 411 g/mol. The van der Waals surface area contributed by atoms with Gasteiger partial charge in [-0.15, -0.1) is 0 Å². The topological polar surface area (TPSA) is 126 Å². The molecule has 0 aliphatic carbocycles. The summed E-state index contributed by atoms with van der Waals surface area (Å²) in [6.07, 6.45) is 1.47. The van der Waals surface area contributed by atoms with Gasteiger partial charge in [-0.1, -0.05) is 12.1 Å². The van der Waals surface area contributed by atoms with Crippen LogP contribution in [0.25, 0.3) is 0 Å². The van der Waals surface area contributed by atoms with Gasteiger partial charge in [0, 0.05) is 32.7 Å². The number of ether oxygens (including phenoxy) is 1. The second-order valence-electron chi connectivity index (χ2n) is 6.55. The standard InChI is InChI=1S/C18H29N5O4S/c1-3-28(25,26)23-9-7-15(8-10-23)22-18(20-2)21-12-14-5-4-6-16(11-14)27-13-17(19)24/h4-6,11,15H,3,7-10,12-13H2,1-2H3,(H2,19,24)(H2,20,21,22). The first kappa shape index (κ1) is 22.0. The van der Waals surface area contributed by atoms with Gasteiger partial charge in [0.2, 0.25) is 10.0 Å². The molecule has 1 aromatic rings. The first-order valence-corrected chi connectivity index (χ1v) is 10.9. The van der Waals surface area contributed by atoms with E-state index in [4.69, 9.17) is 10.5 Å². The van der Waals surface area contributed by atoms with Gasteiger partial charge in [-0.25, -0.2) is 12.7 Å². The molecule has 4 N–H and O–H groups in total. The Kier molecular flexibility index (Phi) is 8.06. The zero-order chi connectivity index (χ0) is 20.6. The molecule has 0 saturated carbocycles. The Labute approximate surface area is 166 Å². The van der Waals surface area contributed by atoms with Crippen molar-refractivity contribution in [2.75, 3.05) is 32.5 Å². The molecule has 9 nitrogen and oxygen atoms in total. The van der Waals surface area contributed by atoms with E-state index in [1.54, 1.807) is 24.3 Å². The van der Waals surface area contributed by atoms with Crippen LogP contribution in [0.5, 0.6) is 5.75 Å². The number of hydrogen-bond acceptors (Lipinski definition) is 5. The predicted octanol–water partition coefficient (Wildman–Crippen LogP) is 0.0298. The maximum absolute atomic E-state index is 11.9. The number of nitrogens with one attached hydrogen (secondary N) is 2. The summed E-state index contributed by atoms with van der Waals surface area (Å²) in [5.41, 5.74) is 6.05. The third-order valence-electron chi connectivity index (χ3n) is 4.52. The van der Waals surface area contributed by atoms with Gasteiger partial charge in [0.15, 0.2) is 12.6 Å². The maximum atomic E-state index is 11.9. The fourth-order valence-corrected chi connectivity index (χ4v) is 4.07. The van der Waals surface area contributed by atoms with Gasteiger partial charge in [0.25, 0.3) is 5.91 Å². The highest BCUT2D eigenvalue weighted by molar-refractivity contribution is 7.89. The molecule has 1 aliphatic rings. The molecule has 156 valence electrons. The van der Waals surface area contributed by atoms with E-state index in [2.05, 4.69) is 15.6 Å². The predicted molar refractivity (Wildman–Crippen MR) is 109 cm³/mol. The minimum atomic E-state index is -3.12. The van der Waals surface area contributed by atoms with Crippen molar-refractivity contribution in [3.8, 4) is 5.75 Å². The van der Waals surface area contributed by atoms with Crippen molar-refractivity contribution in [3.05, 3.63) is 29.8 Å². The molecule has 1 heterocycles. The highest BCUT2D eigenvalue weighted by Crippen LogP contribution is 2.15. The number of rotatable bonds is 8. The molecule has 0 spiro atoms. The third-order valence-corrected chi connectivity index (χ3v) is 6.40. The molecule has 2 rings (SSSR count). The number of amides is 1. The molecule has 1 fully saturated rings. The Hall–Kier alpha value is -2.33. The number of nitrogens with zero attached hydrogens (tertiary/aromatic N) is 2.